The highest BCUT2D eigenvalue weighted by Gasteiger charge is 2.25. The second-order valence-corrected chi connectivity index (χ2v) is 6.74. The average Bonchev–Trinajstić information content (AvgIpc) is 2.95. The quantitative estimate of drug-likeness (QED) is 0.879. The van der Waals surface area contributed by atoms with Gasteiger partial charge in [0.25, 0.3) is 0 Å². The third kappa shape index (κ3) is 3.52. The molecular weight excluding hydrogens is 315 g/mol. The van der Waals surface area contributed by atoms with Crippen LogP contribution in [0.2, 0.25) is 0 Å². The van der Waals surface area contributed by atoms with Gasteiger partial charge in [0.2, 0.25) is 0 Å². The Labute approximate surface area is 138 Å². The molecule has 4 nitrogen and oxygen atoms in total. The molecule has 2 amide bonds. The summed E-state index contributed by atoms with van der Waals surface area (Å²) in [6.07, 6.45) is 0.781. The Balaban J connectivity index is 1.66. The molecule has 2 heterocycles. The largest absolute Gasteiger partial charge is 0.464 e. The minimum Gasteiger partial charge on any atom is -0.464 e. The van der Waals surface area contributed by atoms with Crippen molar-refractivity contribution >= 4 is 17.8 Å². The first kappa shape index (κ1) is 15.9. The van der Waals surface area contributed by atoms with Crippen molar-refractivity contribution in [3.05, 3.63) is 53.2 Å². The van der Waals surface area contributed by atoms with E-state index in [4.69, 9.17) is 4.42 Å². The lowest BCUT2D eigenvalue weighted by Gasteiger charge is -2.26. The lowest BCUT2D eigenvalue weighted by molar-refractivity contribution is 0.231. The number of halogens is 1. The molecule has 1 aromatic carbocycles. The molecule has 0 spiro atoms. The molecule has 122 valence electrons. The summed E-state index contributed by atoms with van der Waals surface area (Å²) in [5.74, 6) is 2.08. The summed E-state index contributed by atoms with van der Waals surface area (Å²) < 4.78 is 19.4. The monoisotopic (exact) mass is 334 g/mol. The van der Waals surface area contributed by atoms with Crippen LogP contribution in [0.15, 0.2) is 39.6 Å². The van der Waals surface area contributed by atoms with Gasteiger partial charge in [0.1, 0.15) is 17.3 Å². The second-order valence-electron chi connectivity index (χ2n) is 5.64. The number of thioether (sulfide) groups is 1. The number of urea groups is 1. The molecule has 0 fully saturated rings. The van der Waals surface area contributed by atoms with Crippen LogP contribution in [0.3, 0.4) is 0 Å². The Bertz CT molecular complexity index is 716. The molecule has 6 heteroatoms. The number of aryl methyl sites for hydroxylation is 1. The maximum absolute atomic E-state index is 13.9. The second kappa shape index (κ2) is 6.66. The van der Waals surface area contributed by atoms with Crippen molar-refractivity contribution in [1.82, 2.24) is 10.6 Å². The smallest absolute Gasteiger partial charge is 0.315 e. The zero-order valence-corrected chi connectivity index (χ0v) is 13.9. The van der Waals surface area contributed by atoms with Gasteiger partial charge in [0.15, 0.2) is 0 Å². The number of hydrogen-bond donors (Lipinski definition) is 2. The van der Waals surface area contributed by atoms with Crippen LogP contribution in [0, 0.1) is 12.7 Å². The molecular formula is C17H19FN2O2S. The van der Waals surface area contributed by atoms with Crippen LogP contribution in [-0.2, 0) is 0 Å². The van der Waals surface area contributed by atoms with Gasteiger partial charge < -0.3 is 15.1 Å². The van der Waals surface area contributed by atoms with Gasteiger partial charge in [-0.1, -0.05) is 12.1 Å². The highest BCUT2D eigenvalue weighted by atomic mass is 32.2. The molecule has 0 bridgehead atoms. The van der Waals surface area contributed by atoms with E-state index in [9.17, 15) is 9.18 Å². The zero-order valence-electron chi connectivity index (χ0n) is 13.1. The van der Waals surface area contributed by atoms with E-state index >= 15 is 0 Å². The number of carbonyl (C=O) groups excluding carboxylic acids is 1. The molecule has 3 rings (SSSR count). The van der Waals surface area contributed by atoms with Crippen LogP contribution in [0.1, 0.15) is 42.5 Å². The molecule has 23 heavy (non-hydrogen) atoms. The third-order valence-corrected chi connectivity index (χ3v) is 5.03. The predicted octanol–water partition coefficient (Wildman–Crippen LogP) is 4.32. The topological polar surface area (TPSA) is 54.3 Å². The molecule has 0 aliphatic carbocycles. The number of rotatable bonds is 3. The molecule has 0 radical (unpaired) electrons. The van der Waals surface area contributed by atoms with E-state index in [1.54, 1.807) is 6.07 Å². The van der Waals surface area contributed by atoms with Gasteiger partial charge in [-0.25, -0.2) is 9.18 Å². The Morgan fingerprint density at radius 1 is 1.39 bits per heavy atom. The van der Waals surface area contributed by atoms with Gasteiger partial charge in [-0.05, 0) is 44.0 Å². The Kier molecular flexibility index (Phi) is 4.61. The van der Waals surface area contributed by atoms with Gasteiger partial charge in [0.05, 0.1) is 12.1 Å². The van der Waals surface area contributed by atoms with Gasteiger partial charge >= 0.3 is 6.03 Å². The van der Waals surface area contributed by atoms with Crippen LogP contribution >= 0.6 is 11.8 Å². The molecule has 2 atom stereocenters. The average molecular weight is 334 g/mol. The SMILES string of the molecule is Cc1ccc(C(C)NC(=O)NC2CCSc3c(F)cccc32)o1. The number of benzene rings is 1. The predicted molar refractivity (Wildman–Crippen MR) is 88.0 cm³/mol. The summed E-state index contributed by atoms with van der Waals surface area (Å²) in [5.41, 5.74) is 0.845. The van der Waals surface area contributed by atoms with E-state index in [1.807, 2.05) is 32.0 Å². The van der Waals surface area contributed by atoms with Crippen molar-refractivity contribution in [2.24, 2.45) is 0 Å². The Morgan fingerprint density at radius 2 is 2.22 bits per heavy atom. The molecule has 1 aliphatic heterocycles. The van der Waals surface area contributed by atoms with E-state index in [1.165, 1.54) is 17.8 Å². The van der Waals surface area contributed by atoms with Crippen molar-refractivity contribution in [3.63, 3.8) is 0 Å². The van der Waals surface area contributed by atoms with Gasteiger partial charge in [-0.15, -0.1) is 11.8 Å². The van der Waals surface area contributed by atoms with Gasteiger partial charge in [-0.3, -0.25) is 0 Å². The Morgan fingerprint density at radius 3 is 2.96 bits per heavy atom. The summed E-state index contributed by atoms with van der Waals surface area (Å²) in [4.78, 5) is 12.9. The lowest BCUT2D eigenvalue weighted by atomic mass is 10.0. The number of nitrogens with one attached hydrogen (secondary N) is 2. The fourth-order valence-electron chi connectivity index (χ4n) is 2.69. The number of fused-ring (bicyclic) bond motifs is 1. The number of furan rings is 1. The zero-order chi connectivity index (χ0) is 16.4. The summed E-state index contributed by atoms with van der Waals surface area (Å²) >= 11 is 1.50. The fraction of sp³-hybridized carbons (Fsp3) is 0.353. The maximum Gasteiger partial charge on any atom is 0.315 e. The van der Waals surface area contributed by atoms with Crippen molar-refractivity contribution in [2.45, 2.75) is 37.2 Å². The highest BCUT2D eigenvalue weighted by molar-refractivity contribution is 7.99. The molecule has 1 aliphatic rings. The summed E-state index contributed by atoms with van der Waals surface area (Å²) in [6, 6.07) is 8.04. The first-order chi connectivity index (χ1) is 11.0. The van der Waals surface area contributed by atoms with Crippen LogP contribution in [0.5, 0.6) is 0 Å². The van der Waals surface area contributed by atoms with E-state index in [-0.39, 0.29) is 23.9 Å². The first-order valence-electron chi connectivity index (χ1n) is 7.59. The summed E-state index contributed by atoms with van der Waals surface area (Å²) in [7, 11) is 0. The van der Waals surface area contributed by atoms with Crippen molar-refractivity contribution in [3.8, 4) is 0 Å². The van der Waals surface area contributed by atoms with Crippen LogP contribution < -0.4 is 10.6 Å². The Hall–Kier alpha value is -1.95. The molecule has 0 saturated carbocycles. The molecule has 2 N–H and O–H groups in total. The third-order valence-electron chi connectivity index (χ3n) is 3.87. The number of hydrogen-bond acceptors (Lipinski definition) is 3. The normalized spacial score (nSPS) is 18.1. The highest BCUT2D eigenvalue weighted by Crippen LogP contribution is 2.37. The van der Waals surface area contributed by atoms with E-state index in [2.05, 4.69) is 10.6 Å². The van der Waals surface area contributed by atoms with Crippen molar-refractivity contribution in [2.75, 3.05) is 5.75 Å². The lowest BCUT2D eigenvalue weighted by Crippen LogP contribution is -2.40. The van der Waals surface area contributed by atoms with Crippen LogP contribution in [0.25, 0.3) is 0 Å². The fourth-order valence-corrected chi connectivity index (χ4v) is 3.83. The number of amides is 2. The van der Waals surface area contributed by atoms with E-state index in [0.717, 1.165) is 23.5 Å². The first-order valence-corrected chi connectivity index (χ1v) is 8.57. The number of carbonyl (C=O) groups is 1. The minimum atomic E-state index is -0.279. The summed E-state index contributed by atoms with van der Waals surface area (Å²) in [5, 5.41) is 5.80. The molecule has 0 saturated heterocycles. The molecule has 1 aromatic heterocycles. The van der Waals surface area contributed by atoms with Crippen molar-refractivity contribution < 1.29 is 13.6 Å². The van der Waals surface area contributed by atoms with Crippen LogP contribution in [0.4, 0.5) is 9.18 Å². The van der Waals surface area contributed by atoms with Crippen LogP contribution in [-0.4, -0.2) is 11.8 Å². The van der Waals surface area contributed by atoms with E-state index < -0.39 is 0 Å². The van der Waals surface area contributed by atoms with Crippen molar-refractivity contribution in [1.29, 1.82) is 0 Å². The summed E-state index contributed by atoms with van der Waals surface area (Å²) in [6.45, 7) is 3.73. The van der Waals surface area contributed by atoms with Gasteiger partial charge in [0, 0.05) is 10.6 Å². The maximum atomic E-state index is 13.9. The van der Waals surface area contributed by atoms with E-state index in [0.29, 0.717) is 10.7 Å². The minimum absolute atomic E-state index is 0.174. The van der Waals surface area contributed by atoms with Gasteiger partial charge in [-0.2, -0.15) is 0 Å². The molecule has 2 aromatic rings. The molecule has 2 unspecified atom stereocenters. The standard InChI is InChI=1S/C17H19FN2O2S/c1-10-6-7-15(22-10)11(2)19-17(21)20-14-8-9-23-16-12(14)4-3-5-13(16)18/h3-7,11,14H,8-9H2,1-2H3,(H2,19,20,21).